The molecule has 0 radical (unpaired) electrons. The topological polar surface area (TPSA) is 83.6 Å². The van der Waals surface area contributed by atoms with Crippen LogP contribution in [0.2, 0.25) is 0 Å². The van der Waals surface area contributed by atoms with Crippen molar-refractivity contribution in [2.45, 2.75) is 26.2 Å². The highest BCUT2D eigenvalue weighted by Gasteiger charge is 2.27. The maximum atomic E-state index is 12.1. The van der Waals surface area contributed by atoms with Gasteiger partial charge in [-0.3, -0.25) is 9.59 Å². The van der Waals surface area contributed by atoms with Gasteiger partial charge in [0, 0.05) is 19.5 Å². The van der Waals surface area contributed by atoms with Crippen LogP contribution in [0.25, 0.3) is 0 Å². The van der Waals surface area contributed by atoms with Crippen LogP contribution < -0.4 is 0 Å². The van der Waals surface area contributed by atoms with Crippen LogP contribution in [0.1, 0.15) is 35.5 Å². The fourth-order valence-electron chi connectivity index (χ4n) is 2.25. The maximum Gasteiger partial charge on any atom is 0.303 e. The van der Waals surface area contributed by atoms with E-state index in [2.05, 4.69) is 4.98 Å². The molecule has 1 aliphatic rings. The third-order valence-corrected chi connectivity index (χ3v) is 3.31. The zero-order valence-corrected chi connectivity index (χ0v) is 10.3. The molecule has 6 nitrogen and oxygen atoms in total. The molecule has 0 atom stereocenters. The van der Waals surface area contributed by atoms with Crippen molar-refractivity contribution in [3.05, 3.63) is 17.8 Å². The predicted octanol–water partition coefficient (Wildman–Crippen LogP) is 1.31. The molecule has 1 aromatic heterocycles. The SMILES string of the molecule is Cc1ocnc1C(=O)N1CCC(CC(=O)O)CC1. The van der Waals surface area contributed by atoms with Crippen LogP contribution in [0.4, 0.5) is 0 Å². The smallest absolute Gasteiger partial charge is 0.303 e. The van der Waals surface area contributed by atoms with Gasteiger partial charge in [0.1, 0.15) is 5.76 Å². The summed E-state index contributed by atoms with van der Waals surface area (Å²) in [5.41, 5.74) is 0.353. The third kappa shape index (κ3) is 2.69. The van der Waals surface area contributed by atoms with Gasteiger partial charge >= 0.3 is 5.97 Å². The molecule has 2 heterocycles. The van der Waals surface area contributed by atoms with Gasteiger partial charge in [0.25, 0.3) is 5.91 Å². The second-order valence-corrected chi connectivity index (χ2v) is 4.59. The molecule has 6 heteroatoms. The summed E-state index contributed by atoms with van der Waals surface area (Å²) < 4.78 is 5.01. The highest BCUT2D eigenvalue weighted by atomic mass is 16.4. The molecule has 0 unspecified atom stereocenters. The fraction of sp³-hybridized carbons (Fsp3) is 0.583. The lowest BCUT2D eigenvalue weighted by molar-refractivity contribution is -0.138. The highest BCUT2D eigenvalue weighted by molar-refractivity contribution is 5.93. The Bertz CT molecular complexity index is 447. The lowest BCUT2D eigenvalue weighted by Crippen LogP contribution is -2.39. The number of aryl methyl sites for hydroxylation is 1. The first-order valence-electron chi connectivity index (χ1n) is 5.99. The van der Waals surface area contributed by atoms with Gasteiger partial charge in [0.05, 0.1) is 0 Å². The summed E-state index contributed by atoms with van der Waals surface area (Å²) in [4.78, 5) is 28.3. The van der Waals surface area contributed by atoms with Gasteiger partial charge in [-0.15, -0.1) is 0 Å². The van der Waals surface area contributed by atoms with E-state index in [1.165, 1.54) is 6.39 Å². The molecule has 1 N–H and O–H groups in total. The summed E-state index contributed by atoms with van der Waals surface area (Å²) in [5.74, 6) is -0.209. The van der Waals surface area contributed by atoms with E-state index < -0.39 is 5.97 Å². The van der Waals surface area contributed by atoms with E-state index in [0.717, 1.165) is 12.8 Å². The summed E-state index contributed by atoms with van der Waals surface area (Å²) in [6.45, 7) is 2.88. The van der Waals surface area contributed by atoms with Crippen molar-refractivity contribution in [2.75, 3.05) is 13.1 Å². The van der Waals surface area contributed by atoms with Crippen molar-refractivity contribution in [3.63, 3.8) is 0 Å². The number of aromatic nitrogens is 1. The molecule has 1 fully saturated rings. The van der Waals surface area contributed by atoms with Gasteiger partial charge in [-0.05, 0) is 25.7 Å². The van der Waals surface area contributed by atoms with Gasteiger partial charge in [0.2, 0.25) is 0 Å². The number of rotatable bonds is 3. The molecule has 0 saturated carbocycles. The number of piperidine rings is 1. The molecular formula is C12H16N2O4. The van der Waals surface area contributed by atoms with Gasteiger partial charge in [-0.1, -0.05) is 0 Å². The minimum atomic E-state index is -0.771. The first kappa shape index (κ1) is 12.6. The van der Waals surface area contributed by atoms with Crippen LogP contribution in [0.3, 0.4) is 0 Å². The number of aliphatic carboxylic acids is 1. The molecule has 18 heavy (non-hydrogen) atoms. The van der Waals surface area contributed by atoms with E-state index in [0.29, 0.717) is 24.5 Å². The standard InChI is InChI=1S/C12H16N2O4/c1-8-11(13-7-18-8)12(17)14-4-2-9(3-5-14)6-10(15)16/h7,9H,2-6H2,1H3,(H,15,16). The number of carboxylic acids is 1. The van der Waals surface area contributed by atoms with Crippen molar-refractivity contribution >= 4 is 11.9 Å². The maximum absolute atomic E-state index is 12.1. The van der Waals surface area contributed by atoms with Gasteiger partial charge < -0.3 is 14.4 Å². The van der Waals surface area contributed by atoms with E-state index in [1.54, 1.807) is 11.8 Å². The summed E-state index contributed by atoms with van der Waals surface area (Å²) in [6, 6.07) is 0. The Labute approximate surface area is 105 Å². The molecular weight excluding hydrogens is 236 g/mol. The number of likely N-dealkylation sites (tertiary alicyclic amines) is 1. The Morgan fingerprint density at radius 3 is 2.67 bits per heavy atom. The van der Waals surface area contributed by atoms with Crippen molar-refractivity contribution in [2.24, 2.45) is 5.92 Å². The molecule has 2 rings (SSSR count). The van der Waals surface area contributed by atoms with Gasteiger partial charge in [-0.25, -0.2) is 4.98 Å². The van der Waals surface area contributed by atoms with Crippen molar-refractivity contribution < 1.29 is 19.1 Å². The number of amides is 1. The number of carbonyl (C=O) groups excluding carboxylic acids is 1. The normalized spacial score (nSPS) is 16.8. The Morgan fingerprint density at radius 2 is 2.17 bits per heavy atom. The quantitative estimate of drug-likeness (QED) is 0.876. The average molecular weight is 252 g/mol. The number of hydrogen-bond acceptors (Lipinski definition) is 4. The molecule has 1 aliphatic heterocycles. The van der Waals surface area contributed by atoms with E-state index >= 15 is 0 Å². The largest absolute Gasteiger partial charge is 0.481 e. The zero-order valence-electron chi connectivity index (χ0n) is 10.3. The van der Waals surface area contributed by atoms with Crippen LogP contribution in [-0.4, -0.2) is 40.0 Å². The zero-order chi connectivity index (χ0) is 13.1. The van der Waals surface area contributed by atoms with Crippen molar-refractivity contribution in [1.82, 2.24) is 9.88 Å². The molecule has 0 aromatic carbocycles. The summed E-state index contributed by atoms with van der Waals surface area (Å²) in [5, 5.41) is 8.72. The number of oxazole rings is 1. The first-order valence-corrected chi connectivity index (χ1v) is 5.99. The number of carbonyl (C=O) groups is 2. The minimum absolute atomic E-state index is 0.130. The Kier molecular flexibility index (Phi) is 3.64. The summed E-state index contributed by atoms with van der Waals surface area (Å²) in [6.07, 6.45) is 2.91. The molecule has 1 amide bonds. The molecule has 1 aromatic rings. The van der Waals surface area contributed by atoms with Gasteiger partial charge in [0.15, 0.2) is 12.1 Å². The van der Waals surface area contributed by atoms with Crippen LogP contribution in [-0.2, 0) is 4.79 Å². The van der Waals surface area contributed by atoms with E-state index in [1.807, 2.05) is 0 Å². The molecule has 1 saturated heterocycles. The fourth-order valence-corrected chi connectivity index (χ4v) is 2.25. The summed E-state index contributed by atoms with van der Waals surface area (Å²) in [7, 11) is 0. The van der Waals surface area contributed by atoms with Crippen molar-refractivity contribution in [1.29, 1.82) is 0 Å². The minimum Gasteiger partial charge on any atom is -0.481 e. The second kappa shape index (κ2) is 5.20. The molecule has 0 aliphatic carbocycles. The van der Waals surface area contributed by atoms with Gasteiger partial charge in [-0.2, -0.15) is 0 Å². The predicted molar refractivity (Wildman–Crippen MR) is 62.1 cm³/mol. The second-order valence-electron chi connectivity index (χ2n) is 4.59. The number of hydrogen-bond donors (Lipinski definition) is 1. The van der Waals surface area contributed by atoms with Crippen LogP contribution in [0, 0.1) is 12.8 Å². The lowest BCUT2D eigenvalue weighted by Gasteiger charge is -2.30. The van der Waals surface area contributed by atoms with E-state index in [-0.39, 0.29) is 18.2 Å². The average Bonchev–Trinajstić information content (AvgIpc) is 2.75. The van der Waals surface area contributed by atoms with Crippen LogP contribution in [0.15, 0.2) is 10.8 Å². The number of carboxylic acid groups (broad SMARTS) is 1. The Morgan fingerprint density at radius 1 is 1.50 bits per heavy atom. The van der Waals surface area contributed by atoms with Crippen molar-refractivity contribution in [3.8, 4) is 0 Å². The molecule has 98 valence electrons. The Balaban J connectivity index is 1.92. The van der Waals surface area contributed by atoms with Crippen LogP contribution >= 0.6 is 0 Å². The summed E-state index contributed by atoms with van der Waals surface area (Å²) >= 11 is 0. The molecule has 0 bridgehead atoms. The monoisotopic (exact) mass is 252 g/mol. The number of nitrogens with zero attached hydrogens (tertiary/aromatic N) is 2. The van der Waals surface area contributed by atoms with E-state index in [4.69, 9.17) is 9.52 Å². The first-order chi connectivity index (χ1) is 8.58. The van der Waals surface area contributed by atoms with E-state index in [9.17, 15) is 9.59 Å². The lowest BCUT2D eigenvalue weighted by atomic mass is 9.93. The third-order valence-electron chi connectivity index (χ3n) is 3.31. The van der Waals surface area contributed by atoms with Crippen LogP contribution in [0.5, 0.6) is 0 Å². The highest BCUT2D eigenvalue weighted by Crippen LogP contribution is 2.22. The Hall–Kier alpha value is -1.85. The molecule has 0 spiro atoms.